The summed E-state index contributed by atoms with van der Waals surface area (Å²) in [7, 11) is 0. The molecule has 1 aromatic carbocycles. The highest BCUT2D eigenvalue weighted by Crippen LogP contribution is 2.26. The van der Waals surface area contributed by atoms with Gasteiger partial charge in [-0.1, -0.05) is 44.0 Å². The summed E-state index contributed by atoms with van der Waals surface area (Å²) in [6.07, 6.45) is 2.27. The second-order valence-corrected chi connectivity index (χ2v) is 6.06. The van der Waals surface area contributed by atoms with Crippen LogP contribution in [-0.4, -0.2) is 18.0 Å². The van der Waals surface area contributed by atoms with Gasteiger partial charge in [0.25, 0.3) is 0 Å². The lowest BCUT2D eigenvalue weighted by molar-refractivity contribution is 0.185. The van der Waals surface area contributed by atoms with E-state index in [1.54, 1.807) is 0 Å². The predicted molar refractivity (Wildman–Crippen MR) is 69.5 cm³/mol. The van der Waals surface area contributed by atoms with Gasteiger partial charge in [-0.15, -0.1) is 0 Å². The summed E-state index contributed by atoms with van der Waals surface area (Å²) in [5.74, 6) is 0.675. The molecule has 1 saturated heterocycles. The molecule has 0 aliphatic carbocycles. The Morgan fingerprint density at radius 1 is 1.33 bits per heavy atom. The van der Waals surface area contributed by atoms with Gasteiger partial charge in [0.15, 0.2) is 0 Å². The zero-order chi connectivity index (χ0) is 10.7. The highest BCUT2D eigenvalue weighted by Gasteiger charge is 2.23. The molecule has 0 aromatic heterocycles. The Kier molecular flexibility index (Phi) is 4.23. The van der Waals surface area contributed by atoms with Crippen molar-refractivity contribution in [2.45, 2.75) is 17.7 Å². The van der Waals surface area contributed by atoms with Gasteiger partial charge in [-0.25, -0.2) is 0 Å². The fourth-order valence-electron chi connectivity index (χ4n) is 1.85. The van der Waals surface area contributed by atoms with Gasteiger partial charge in [0.1, 0.15) is 0 Å². The molecule has 0 radical (unpaired) electrons. The second-order valence-electron chi connectivity index (χ2n) is 3.97. The molecule has 1 heterocycles. The smallest absolute Gasteiger partial charge is 0.0505 e. The monoisotopic (exact) mass is 332 g/mol. The first-order chi connectivity index (χ1) is 7.25. The Balaban J connectivity index is 1.92. The Morgan fingerprint density at radius 2 is 2.07 bits per heavy atom. The summed E-state index contributed by atoms with van der Waals surface area (Å²) in [5, 5.41) is 0. The van der Waals surface area contributed by atoms with E-state index < -0.39 is 0 Å². The number of rotatable bonds is 3. The fraction of sp³-hybridized carbons (Fsp3) is 0.500. The standard InChI is InChI=1S/C12H14Br2O/c13-11-3-1-9(2-4-11)7-12(14)10-5-6-15-8-10/h1-4,10,12H,5-8H2. The van der Waals surface area contributed by atoms with E-state index in [-0.39, 0.29) is 0 Å². The van der Waals surface area contributed by atoms with Gasteiger partial charge in [0.2, 0.25) is 0 Å². The highest BCUT2D eigenvalue weighted by atomic mass is 79.9. The van der Waals surface area contributed by atoms with Gasteiger partial charge in [-0.05, 0) is 36.5 Å². The van der Waals surface area contributed by atoms with E-state index in [1.807, 2.05) is 0 Å². The third-order valence-electron chi connectivity index (χ3n) is 2.82. The molecule has 0 saturated carbocycles. The summed E-state index contributed by atoms with van der Waals surface area (Å²) in [6, 6.07) is 8.54. The molecule has 0 spiro atoms. The molecule has 2 atom stereocenters. The first-order valence-corrected chi connectivity index (χ1v) is 6.93. The van der Waals surface area contributed by atoms with Crippen molar-refractivity contribution < 1.29 is 4.74 Å². The number of halogens is 2. The van der Waals surface area contributed by atoms with Crippen molar-refractivity contribution in [2.24, 2.45) is 5.92 Å². The topological polar surface area (TPSA) is 9.23 Å². The molecule has 15 heavy (non-hydrogen) atoms. The SMILES string of the molecule is Brc1ccc(CC(Br)C2CCOC2)cc1. The summed E-state index contributed by atoms with van der Waals surface area (Å²) in [6.45, 7) is 1.83. The summed E-state index contributed by atoms with van der Waals surface area (Å²) in [4.78, 5) is 0.543. The van der Waals surface area contributed by atoms with Crippen LogP contribution in [0.3, 0.4) is 0 Å². The van der Waals surface area contributed by atoms with Gasteiger partial charge in [0, 0.05) is 15.9 Å². The molecule has 0 bridgehead atoms. The maximum Gasteiger partial charge on any atom is 0.0505 e. The van der Waals surface area contributed by atoms with Gasteiger partial charge in [0.05, 0.1) is 6.61 Å². The van der Waals surface area contributed by atoms with E-state index in [4.69, 9.17) is 4.74 Å². The molecule has 1 aliphatic heterocycles. The number of hydrogen-bond donors (Lipinski definition) is 0. The molecule has 0 amide bonds. The lowest BCUT2D eigenvalue weighted by Crippen LogP contribution is -2.16. The van der Waals surface area contributed by atoms with Crippen LogP contribution < -0.4 is 0 Å². The molecular formula is C12H14Br2O. The van der Waals surface area contributed by atoms with Crippen molar-refractivity contribution in [1.82, 2.24) is 0 Å². The Labute approximate surface area is 107 Å². The van der Waals surface area contributed by atoms with Crippen LogP contribution in [0.1, 0.15) is 12.0 Å². The molecule has 2 unspecified atom stereocenters. The zero-order valence-electron chi connectivity index (χ0n) is 8.46. The van der Waals surface area contributed by atoms with Gasteiger partial charge < -0.3 is 4.74 Å². The van der Waals surface area contributed by atoms with Gasteiger partial charge >= 0.3 is 0 Å². The van der Waals surface area contributed by atoms with Crippen LogP contribution in [0.5, 0.6) is 0 Å². The molecular weight excluding hydrogens is 320 g/mol. The summed E-state index contributed by atoms with van der Waals surface area (Å²) >= 11 is 7.21. The maximum absolute atomic E-state index is 5.40. The molecule has 82 valence electrons. The van der Waals surface area contributed by atoms with Gasteiger partial charge in [-0.3, -0.25) is 0 Å². The van der Waals surface area contributed by atoms with Crippen LogP contribution in [0.4, 0.5) is 0 Å². The summed E-state index contributed by atoms with van der Waals surface area (Å²) < 4.78 is 6.54. The van der Waals surface area contributed by atoms with Crippen molar-refractivity contribution in [3.63, 3.8) is 0 Å². The van der Waals surface area contributed by atoms with E-state index in [0.717, 1.165) is 24.1 Å². The largest absolute Gasteiger partial charge is 0.381 e. The number of benzene rings is 1. The van der Waals surface area contributed by atoms with Gasteiger partial charge in [-0.2, -0.15) is 0 Å². The first-order valence-electron chi connectivity index (χ1n) is 5.22. The van der Waals surface area contributed by atoms with Crippen molar-refractivity contribution in [3.8, 4) is 0 Å². The molecule has 1 aromatic rings. The molecule has 1 aliphatic rings. The lowest BCUT2D eigenvalue weighted by atomic mass is 9.99. The van der Waals surface area contributed by atoms with Crippen molar-refractivity contribution >= 4 is 31.9 Å². The second kappa shape index (κ2) is 5.46. The van der Waals surface area contributed by atoms with Crippen LogP contribution >= 0.6 is 31.9 Å². The molecule has 1 fully saturated rings. The van der Waals surface area contributed by atoms with Crippen molar-refractivity contribution in [2.75, 3.05) is 13.2 Å². The minimum Gasteiger partial charge on any atom is -0.381 e. The van der Waals surface area contributed by atoms with E-state index >= 15 is 0 Å². The fourth-order valence-corrected chi connectivity index (χ4v) is 2.91. The number of alkyl halides is 1. The maximum atomic E-state index is 5.40. The van der Waals surface area contributed by atoms with Crippen molar-refractivity contribution in [1.29, 1.82) is 0 Å². The highest BCUT2D eigenvalue weighted by molar-refractivity contribution is 9.10. The van der Waals surface area contributed by atoms with Crippen LogP contribution in [0.25, 0.3) is 0 Å². The normalized spacial score (nSPS) is 22.9. The minimum absolute atomic E-state index is 0.543. The lowest BCUT2D eigenvalue weighted by Gasteiger charge is -2.15. The van der Waals surface area contributed by atoms with E-state index in [0.29, 0.717) is 10.7 Å². The number of ether oxygens (including phenoxy) is 1. The Bertz CT molecular complexity index is 304. The average molecular weight is 334 g/mol. The minimum atomic E-state index is 0.543. The molecule has 3 heteroatoms. The molecule has 0 N–H and O–H groups in total. The van der Waals surface area contributed by atoms with E-state index in [9.17, 15) is 0 Å². The Morgan fingerprint density at radius 3 is 2.67 bits per heavy atom. The van der Waals surface area contributed by atoms with Crippen LogP contribution in [0.2, 0.25) is 0 Å². The average Bonchev–Trinajstić information content (AvgIpc) is 2.74. The first kappa shape index (κ1) is 11.6. The third-order valence-corrected chi connectivity index (χ3v) is 4.42. The van der Waals surface area contributed by atoms with E-state index in [2.05, 4.69) is 56.1 Å². The van der Waals surface area contributed by atoms with Crippen LogP contribution in [0.15, 0.2) is 28.7 Å². The summed E-state index contributed by atoms with van der Waals surface area (Å²) in [5.41, 5.74) is 1.38. The van der Waals surface area contributed by atoms with E-state index in [1.165, 1.54) is 12.0 Å². The third kappa shape index (κ3) is 3.30. The number of hydrogen-bond acceptors (Lipinski definition) is 1. The van der Waals surface area contributed by atoms with Crippen molar-refractivity contribution in [3.05, 3.63) is 34.3 Å². The zero-order valence-corrected chi connectivity index (χ0v) is 11.6. The predicted octanol–water partition coefficient (Wildman–Crippen LogP) is 3.79. The van der Waals surface area contributed by atoms with Crippen LogP contribution in [-0.2, 0) is 11.2 Å². The molecule has 1 nitrogen and oxygen atoms in total. The molecule has 2 rings (SSSR count). The quantitative estimate of drug-likeness (QED) is 0.765. The Hall–Kier alpha value is 0.140. The van der Waals surface area contributed by atoms with Crippen LogP contribution in [0, 0.1) is 5.92 Å².